The van der Waals surface area contributed by atoms with E-state index in [1.54, 1.807) is 6.07 Å². The first-order valence-corrected chi connectivity index (χ1v) is 7.90. The highest BCUT2D eigenvalue weighted by atomic mass is 35.5. The molecule has 0 radical (unpaired) electrons. The van der Waals surface area contributed by atoms with Gasteiger partial charge in [-0.15, -0.1) is 0 Å². The normalized spacial score (nSPS) is 19.2. The first kappa shape index (κ1) is 16.1. The number of hydrogen-bond acceptors (Lipinski definition) is 3. The first-order chi connectivity index (χ1) is 10.1. The molecule has 0 aliphatic carbocycles. The van der Waals surface area contributed by atoms with Gasteiger partial charge in [0.2, 0.25) is 0 Å². The molecular weight excluding hydrogens is 288 g/mol. The van der Waals surface area contributed by atoms with Gasteiger partial charge in [-0.1, -0.05) is 25.4 Å². The topological polar surface area (TPSA) is 50.4 Å². The molecule has 2 rings (SSSR count). The van der Waals surface area contributed by atoms with E-state index in [4.69, 9.17) is 16.3 Å². The summed E-state index contributed by atoms with van der Waals surface area (Å²) in [7, 11) is 0. The van der Waals surface area contributed by atoms with Crippen molar-refractivity contribution in [1.29, 1.82) is 0 Å². The second-order valence-corrected chi connectivity index (χ2v) is 6.12. The van der Waals surface area contributed by atoms with Gasteiger partial charge in [0.25, 0.3) is 5.91 Å². The molecule has 21 heavy (non-hydrogen) atoms. The fourth-order valence-electron chi connectivity index (χ4n) is 2.29. The van der Waals surface area contributed by atoms with Crippen LogP contribution in [0.2, 0.25) is 5.02 Å². The molecule has 2 N–H and O–H groups in total. The molecule has 0 spiro atoms. The number of hydrogen-bond donors (Lipinski definition) is 2. The van der Waals surface area contributed by atoms with Crippen LogP contribution in [0.3, 0.4) is 0 Å². The molecule has 1 saturated heterocycles. The summed E-state index contributed by atoms with van der Waals surface area (Å²) in [5, 5.41) is 6.92. The number of amides is 1. The Bertz CT molecular complexity index is 491. The highest BCUT2D eigenvalue weighted by Crippen LogP contribution is 2.25. The van der Waals surface area contributed by atoms with E-state index in [1.165, 1.54) is 0 Å². The lowest BCUT2D eigenvalue weighted by Gasteiger charge is -2.19. The van der Waals surface area contributed by atoms with E-state index in [1.807, 2.05) is 12.1 Å². The molecule has 1 aromatic rings. The molecule has 0 bridgehead atoms. The Kier molecular flexibility index (Phi) is 5.88. The van der Waals surface area contributed by atoms with Crippen molar-refractivity contribution < 1.29 is 9.53 Å². The summed E-state index contributed by atoms with van der Waals surface area (Å²) >= 11 is 6.07. The molecule has 1 amide bonds. The van der Waals surface area contributed by atoms with Crippen LogP contribution in [0.25, 0.3) is 0 Å². The average Bonchev–Trinajstić information content (AvgIpc) is 2.64. The van der Waals surface area contributed by atoms with Gasteiger partial charge in [-0.2, -0.15) is 0 Å². The highest BCUT2D eigenvalue weighted by molar-refractivity contribution is 6.30. The Morgan fingerprint density at radius 3 is 3.00 bits per heavy atom. The SMILES string of the molecule is CC(C)NCc1cc(Cl)ccc1OC1CCCCNC1=O. The second-order valence-electron chi connectivity index (χ2n) is 5.68. The molecule has 4 nitrogen and oxygen atoms in total. The monoisotopic (exact) mass is 310 g/mol. The van der Waals surface area contributed by atoms with Crippen LogP contribution in [0.4, 0.5) is 0 Å². The number of carbonyl (C=O) groups is 1. The number of benzene rings is 1. The standard InChI is InChI=1S/C16H23ClN2O2/c1-11(2)19-10-12-9-13(17)6-7-14(12)21-15-5-3-4-8-18-16(15)20/h6-7,9,11,15,19H,3-5,8,10H2,1-2H3,(H,18,20). The van der Waals surface area contributed by atoms with Gasteiger partial charge in [0.15, 0.2) is 6.10 Å². The van der Waals surface area contributed by atoms with Crippen molar-refractivity contribution >= 4 is 17.5 Å². The van der Waals surface area contributed by atoms with Crippen molar-refractivity contribution in [2.75, 3.05) is 6.54 Å². The Labute approximate surface area is 131 Å². The van der Waals surface area contributed by atoms with Gasteiger partial charge >= 0.3 is 0 Å². The fraction of sp³-hybridized carbons (Fsp3) is 0.562. The van der Waals surface area contributed by atoms with E-state index in [0.29, 0.717) is 17.6 Å². The fourth-order valence-corrected chi connectivity index (χ4v) is 2.49. The molecule has 1 fully saturated rings. The van der Waals surface area contributed by atoms with Crippen molar-refractivity contribution in [3.63, 3.8) is 0 Å². The Balaban J connectivity index is 2.12. The molecule has 5 heteroatoms. The lowest BCUT2D eigenvalue weighted by Crippen LogP contribution is -2.36. The summed E-state index contributed by atoms with van der Waals surface area (Å²) in [4.78, 5) is 12.0. The maximum Gasteiger partial charge on any atom is 0.261 e. The minimum Gasteiger partial charge on any atom is -0.480 e. The molecule has 1 atom stereocenters. The predicted molar refractivity (Wildman–Crippen MR) is 84.7 cm³/mol. The summed E-state index contributed by atoms with van der Waals surface area (Å²) in [6.07, 6.45) is 2.35. The zero-order valence-corrected chi connectivity index (χ0v) is 13.4. The number of nitrogens with one attached hydrogen (secondary N) is 2. The van der Waals surface area contributed by atoms with Crippen molar-refractivity contribution in [3.8, 4) is 5.75 Å². The lowest BCUT2D eigenvalue weighted by atomic mass is 10.1. The van der Waals surface area contributed by atoms with Crippen LogP contribution in [0.15, 0.2) is 18.2 Å². The Morgan fingerprint density at radius 2 is 2.24 bits per heavy atom. The Morgan fingerprint density at radius 1 is 1.43 bits per heavy atom. The van der Waals surface area contributed by atoms with Crippen LogP contribution in [0.5, 0.6) is 5.75 Å². The zero-order valence-electron chi connectivity index (χ0n) is 12.6. The zero-order chi connectivity index (χ0) is 15.2. The maximum atomic E-state index is 12.0. The summed E-state index contributed by atoms with van der Waals surface area (Å²) < 4.78 is 5.96. The van der Waals surface area contributed by atoms with E-state index in [0.717, 1.165) is 37.1 Å². The van der Waals surface area contributed by atoms with Gasteiger partial charge in [0.1, 0.15) is 5.75 Å². The van der Waals surface area contributed by atoms with Crippen LogP contribution in [0.1, 0.15) is 38.7 Å². The summed E-state index contributed by atoms with van der Waals surface area (Å²) in [5.41, 5.74) is 0.980. The van der Waals surface area contributed by atoms with Crippen molar-refractivity contribution in [1.82, 2.24) is 10.6 Å². The summed E-state index contributed by atoms with van der Waals surface area (Å²) in [6.45, 7) is 5.58. The number of ether oxygens (including phenoxy) is 1. The van der Waals surface area contributed by atoms with Crippen LogP contribution in [0, 0.1) is 0 Å². The van der Waals surface area contributed by atoms with Crippen molar-refractivity contribution in [3.05, 3.63) is 28.8 Å². The van der Waals surface area contributed by atoms with Crippen LogP contribution < -0.4 is 15.4 Å². The number of carbonyl (C=O) groups excluding carboxylic acids is 1. The lowest BCUT2D eigenvalue weighted by molar-refractivity contribution is -0.127. The highest BCUT2D eigenvalue weighted by Gasteiger charge is 2.23. The molecule has 1 aliphatic heterocycles. The number of halogens is 1. The smallest absolute Gasteiger partial charge is 0.261 e. The molecule has 1 aromatic carbocycles. The Hall–Kier alpha value is -1.26. The second kappa shape index (κ2) is 7.66. The molecule has 1 aliphatic rings. The first-order valence-electron chi connectivity index (χ1n) is 7.52. The molecule has 1 heterocycles. The van der Waals surface area contributed by atoms with Crippen LogP contribution >= 0.6 is 11.6 Å². The van der Waals surface area contributed by atoms with E-state index in [2.05, 4.69) is 24.5 Å². The van der Waals surface area contributed by atoms with E-state index >= 15 is 0 Å². The summed E-state index contributed by atoms with van der Waals surface area (Å²) in [5.74, 6) is 0.708. The number of rotatable bonds is 5. The third-order valence-corrected chi connectivity index (χ3v) is 3.71. The molecule has 1 unspecified atom stereocenters. The minimum atomic E-state index is -0.411. The van der Waals surface area contributed by atoms with E-state index in [-0.39, 0.29) is 5.91 Å². The van der Waals surface area contributed by atoms with E-state index in [9.17, 15) is 4.79 Å². The minimum absolute atomic E-state index is 0.0229. The van der Waals surface area contributed by atoms with E-state index < -0.39 is 6.10 Å². The van der Waals surface area contributed by atoms with Gasteiger partial charge in [-0.05, 0) is 37.5 Å². The van der Waals surface area contributed by atoms with Gasteiger partial charge in [-0.25, -0.2) is 0 Å². The van der Waals surface area contributed by atoms with Gasteiger partial charge < -0.3 is 15.4 Å². The largest absolute Gasteiger partial charge is 0.480 e. The molecule has 116 valence electrons. The van der Waals surface area contributed by atoms with Crippen molar-refractivity contribution in [2.45, 2.75) is 51.8 Å². The van der Waals surface area contributed by atoms with Gasteiger partial charge in [0, 0.05) is 29.7 Å². The van der Waals surface area contributed by atoms with Gasteiger partial charge in [0.05, 0.1) is 0 Å². The van der Waals surface area contributed by atoms with Crippen molar-refractivity contribution in [2.24, 2.45) is 0 Å². The summed E-state index contributed by atoms with van der Waals surface area (Å²) in [6, 6.07) is 5.90. The quantitative estimate of drug-likeness (QED) is 0.879. The average molecular weight is 311 g/mol. The van der Waals surface area contributed by atoms with Crippen LogP contribution in [-0.2, 0) is 11.3 Å². The molecule has 0 saturated carbocycles. The molecular formula is C16H23ClN2O2. The molecule has 0 aromatic heterocycles. The van der Waals surface area contributed by atoms with Crippen LogP contribution in [-0.4, -0.2) is 24.6 Å². The third kappa shape index (κ3) is 4.90. The maximum absolute atomic E-state index is 12.0. The predicted octanol–water partition coefficient (Wildman–Crippen LogP) is 2.89. The third-order valence-electron chi connectivity index (χ3n) is 3.48. The van der Waals surface area contributed by atoms with Gasteiger partial charge in [-0.3, -0.25) is 4.79 Å².